The van der Waals surface area contributed by atoms with E-state index in [4.69, 9.17) is 0 Å². The van der Waals surface area contributed by atoms with Crippen molar-refractivity contribution in [2.75, 3.05) is 5.32 Å². The molecule has 2 rings (SSSR count). The standard InChI is InChI=1S/C15H18N2OS/c1-2-3-4-5-12-6-8-13(9-7-12)17-15(18)14-10-19-11-16-14/h6-11H,2-5H2,1H3,(H,17,18). The van der Waals surface area contributed by atoms with Crippen LogP contribution in [-0.4, -0.2) is 10.9 Å². The second kappa shape index (κ2) is 7.04. The Morgan fingerprint density at radius 3 is 2.68 bits per heavy atom. The minimum atomic E-state index is -0.153. The molecule has 0 atom stereocenters. The van der Waals surface area contributed by atoms with E-state index in [1.165, 1.54) is 36.2 Å². The number of anilines is 1. The summed E-state index contributed by atoms with van der Waals surface area (Å²) >= 11 is 1.42. The molecule has 19 heavy (non-hydrogen) atoms. The van der Waals surface area contributed by atoms with E-state index >= 15 is 0 Å². The minimum absolute atomic E-state index is 0.153. The topological polar surface area (TPSA) is 42.0 Å². The van der Waals surface area contributed by atoms with Crippen molar-refractivity contribution in [1.82, 2.24) is 4.98 Å². The third kappa shape index (κ3) is 4.17. The molecule has 1 amide bonds. The first-order chi connectivity index (χ1) is 9.29. The summed E-state index contributed by atoms with van der Waals surface area (Å²) < 4.78 is 0. The smallest absolute Gasteiger partial charge is 0.275 e. The molecule has 1 aromatic heterocycles. The van der Waals surface area contributed by atoms with E-state index in [0.717, 1.165) is 12.1 Å². The molecule has 0 unspecified atom stereocenters. The van der Waals surface area contributed by atoms with Crippen molar-refractivity contribution in [2.24, 2.45) is 0 Å². The van der Waals surface area contributed by atoms with Crippen molar-refractivity contribution in [3.05, 3.63) is 46.4 Å². The monoisotopic (exact) mass is 274 g/mol. The largest absolute Gasteiger partial charge is 0.321 e. The molecule has 100 valence electrons. The number of carbonyl (C=O) groups excluding carboxylic acids is 1. The number of rotatable bonds is 6. The molecule has 0 aliphatic heterocycles. The fourth-order valence-electron chi connectivity index (χ4n) is 1.85. The van der Waals surface area contributed by atoms with Crippen molar-refractivity contribution < 1.29 is 4.79 Å². The van der Waals surface area contributed by atoms with Gasteiger partial charge in [-0.3, -0.25) is 4.79 Å². The summed E-state index contributed by atoms with van der Waals surface area (Å²) in [5, 5.41) is 4.59. The predicted octanol–water partition coefficient (Wildman–Crippen LogP) is 4.13. The first-order valence-electron chi connectivity index (χ1n) is 6.58. The number of unbranched alkanes of at least 4 members (excludes halogenated alkanes) is 2. The lowest BCUT2D eigenvalue weighted by Crippen LogP contribution is -2.11. The Kier molecular flexibility index (Phi) is 5.10. The highest BCUT2D eigenvalue weighted by Gasteiger charge is 2.07. The fourth-order valence-corrected chi connectivity index (χ4v) is 2.39. The first-order valence-corrected chi connectivity index (χ1v) is 7.52. The van der Waals surface area contributed by atoms with Crippen LogP contribution in [0, 0.1) is 0 Å². The van der Waals surface area contributed by atoms with Gasteiger partial charge in [-0.25, -0.2) is 4.98 Å². The lowest BCUT2D eigenvalue weighted by Gasteiger charge is -2.05. The molecular formula is C15H18N2OS. The normalized spacial score (nSPS) is 10.4. The molecule has 0 spiro atoms. The van der Waals surface area contributed by atoms with Gasteiger partial charge in [0.25, 0.3) is 5.91 Å². The second-order valence-corrected chi connectivity index (χ2v) is 5.20. The number of amides is 1. The van der Waals surface area contributed by atoms with Crippen LogP contribution in [0.1, 0.15) is 42.2 Å². The van der Waals surface area contributed by atoms with Crippen LogP contribution in [0.3, 0.4) is 0 Å². The van der Waals surface area contributed by atoms with E-state index in [2.05, 4.69) is 29.4 Å². The van der Waals surface area contributed by atoms with Crippen LogP contribution in [0.2, 0.25) is 0 Å². The molecule has 0 saturated carbocycles. The molecule has 0 aliphatic rings. The fraction of sp³-hybridized carbons (Fsp3) is 0.333. The summed E-state index contributed by atoms with van der Waals surface area (Å²) in [6.07, 6.45) is 4.83. The Hall–Kier alpha value is -1.68. The summed E-state index contributed by atoms with van der Waals surface area (Å²) in [6, 6.07) is 8.05. The van der Waals surface area contributed by atoms with Crippen LogP contribution in [-0.2, 0) is 6.42 Å². The Labute approximate surface area is 117 Å². The molecule has 2 aromatic rings. The van der Waals surface area contributed by atoms with E-state index in [1.807, 2.05) is 12.1 Å². The van der Waals surface area contributed by atoms with Gasteiger partial charge in [0.2, 0.25) is 0 Å². The minimum Gasteiger partial charge on any atom is -0.321 e. The average Bonchev–Trinajstić information content (AvgIpc) is 2.95. The molecule has 4 heteroatoms. The van der Waals surface area contributed by atoms with Gasteiger partial charge < -0.3 is 5.32 Å². The molecule has 1 N–H and O–H groups in total. The molecule has 0 fully saturated rings. The Balaban J connectivity index is 1.90. The number of aromatic nitrogens is 1. The first kappa shape index (κ1) is 13.7. The Bertz CT molecular complexity index is 505. The van der Waals surface area contributed by atoms with Crippen LogP contribution < -0.4 is 5.32 Å². The van der Waals surface area contributed by atoms with Gasteiger partial charge in [-0.15, -0.1) is 11.3 Å². The summed E-state index contributed by atoms with van der Waals surface area (Å²) in [5.41, 5.74) is 4.26. The van der Waals surface area contributed by atoms with Crippen molar-refractivity contribution in [1.29, 1.82) is 0 Å². The van der Waals surface area contributed by atoms with E-state index in [1.54, 1.807) is 10.9 Å². The van der Waals surface area contributed by atoms with Gasteiger partial charge in [0.05, 0.1) is 5.51 Å². The van der Waals surface area contributed by atoms with E-state index in [9.17, 15) is 4.79 Å². The molecule has 1 aromatic carbocycles. The summed E-state index contributed by atoms with van der Waals surface area (Å²) in [5.74, 6) is -0.153. The van der Waals surface area contributed by atoms with Gasteiger partial charge in [-0.05, 0) is 30.5 Å². The van der Waals surface area contributed by atoms with Crippen LogP contribution in [0.25, 0.3) is 0 Å². The van der Waals surface area contributed by atoms with Gasteiger partial charge in [0, 0.05) is 11.1 Å². The van der Waals surface area contributed by atoms with Crippen molar-refractivity contribution in [3.8, 4) is 0 Å². The molecule has 0 saturated heterocycles. The zero-order chi connectivity index (χ0) is 13.5. The van der Waals surface area contributed by atoms with E-state index in [-0.39, 0.29) is 5.91 Å². The molecule has 0 aliphatic carbocycles. The van der Waals surface area contributed by atoms with Crippen LogP contribution >= 0.6 is 11.3 Å². The number of nitrogens with zero attached hydrogens (tertiary/aromatic N) is 1. The number of carbonyl (C=O) groups is 1. The lowest BCUT2D eigenvalue weighted by atomic mass is 10.1. The van der Waals surface area contributed by atoms with Crippen molar-refractivity contribution in [3.63, 3.8) is 0 Å². The SMILES string of the molecule is CCCCCc1ccc(NC(=O)c2cscn2)cc1. The molecule has 0 bridgehead atoms. The number of benzene rings is 1. The third-order valence-corrected chi connectivity index (χ3v) is 3.53. The average molecular weight is 274 g/mol. The maximum Gasteiger partial charge on any atom is 0.275 e. The number of hydrogen-bond donors (Lipinski definition) is 1. The van der Waals surface area contributed by atoms with Gasteiger partial charge in [-0.1, -0.05) is 31.9 Å². The molecular weight excluding hydrogens is 256 g/mol. The summed E-state index contributed by atoms with van der Waals surface area (Å²) in [7, 11) is 0. The third-order valence-electron chi connectivity index (χ3n) is 2.95. The molecule has 1 heterocycles. The highest BCUT2D eigenvalue weighted by atomic mass is 32.1. The highest BCUT2D eigenvalue weighted by Crippen LogP contribution is 2.13. The van der Waals surface area contributed by atoms with Gasteiger partial charge >= 0.3 is 0 Å². The number of aryl methyl sites for hydroxylation is 1. The number of thiazole rings is 1. The van der Waals surface area contributed by atoms with E-state index < -0.39 is 0 Å². The second-order valence-electron chi connectivity index (χ2n) is 4.48. The summed E-state index contributed by atoms with van der Waals surface area (Å²) in [4.78, 5) is 15.8. The van der Waals surface area contributed by atoms with Gasteiger partial charge in [-0.2, -0.15) is 0 Å². The zero-order valence-corrected chi connectivity index (χ0v) is 11.9. The molecule has 3 nitrogen and oxygen atoms in total. The quantitative estimate of drug-likeness (QED) is 0.805. The van der Waals surface area contributed by atoms with Crippen molar-refractivity contribution >= 4 is 22.9 Å². The Morgan fingerprint density at radius 1 is 1.26 bits per heavy atom. The van der Waals surface area contributed by atoms with Gasteiger partial charge in [0.1, 0.15) is 5.69 Å². The van der Waals surface area contributed by atoms with Crippen LogP contribution in [0.15, 0.2) is 35.2 Å². The zero-order valence-electron chi connectivity index (χ0n) is 11.1. The maximum atomic E-state index is 11.8. The number of nitrogens with one attached hydrogen (secondary N) is 1. The Morgan fingerprint density at radius 2 is 2.05 bits per heavy atom. The van der Waals surface area contributed by atoms with Gasteiger partial charge in [0.15, 0.2) is 0 Å². The predicted molar refractivity (Wildman–Crippen MR) is 79.7 cm³/mol. The highest BCUT2D eigenvalue weighted by molar-refractivity contribution is 7.07. The number of hydrogen-bond acceptors (Lipinski definition) is 3. The van der Waals surface area contributed by atoms with E-state index in [0.29, 0.717) is 5.69 Å². The molecule has 0 radical (unpaired) electrons. The maximum absolute atomic E-state index is 11.8. The lowest BCUT2D eigenvalue weighted by molar-refractivity contribution is 0.102. The van der Waals surface area contributed by atoms with Crippen LogP contribution in [0.4, 0.5) is 5.69 Å². The van der Waals surface area contributed by atoms with Crippen LogP contribution in [0.5, 0.6) is 0 Å². The van der Waals surface area contributed by atoms with Crippen molar-refractivity contribution in [2.45, 2.75) is 32.6 Å². The summed E-state index contributed by atoms with van der Waals surface area (Å²) in [6.45, 7) is 2.21.